The third-order valence-corrected chi connectivity index (χ3v) is 6.39. The topological polar surface area (TPSA) is 85.2 Å². The number of amides is 1. The standard InChI is InChI=1S/C25H23Cl2NO5S/c1-3-5-21(29)28-24-22(25(31)32-4-2)23(30)20(34-24)13-15-6-9-17(10-7-15)33-14-16-8-11-18(26)19(27)12-16/h6-13,30H,3-5,14H2,1-2H3/b20-13-,28-24?. The van der Waals surface area contributed by atoms with Crippen molar-refractivity contribution in [1.29, 1.82) is 0 Å². The van der Waals surface area contributed by atoms with Crippen LogP contribution in [0, 0.1) is 0 Å². The van der Waals surface area contributed by atoms with Crippen LogP contribution in [-0.4, -0.2) is 28.6 Å². The van der Waals surface area contributed by atoms with E-state index in [1.807, 2.05) is 25.1 Å². The van der Waals surface area contributed by atoms with Crippen LogP contribution in [0.3, 0.4) is 0 Å². The molecular weight excluding hydrogens is 497 g/mol. The van der Waals surface area contributed by atoms with Gasteiger partial charge in [-0.1, -0.05) is 60.1 Å². The summed E-state index contributed by atoms with van der Waals surface area (Å²) in [4.78, 5) is 28.8. The van der Waals surface area contributed by atoms with Crippen molar-refractivity contribution in [3.8, 4) is 5.75 Å². The predicted molar refractivity (Wildman–Crippen MR) is 136 cm³/mol. The van der Waals surface area contributed by atoms with Crippen LogP contribution >= 0.6 is 35.0 Å². The Morgan fingerprint density at radius 2 is 1.82 bits per heavy atom. The van der Waals surface area contributed by atoms with E-state index in [4.69, 9.17) is 32.7 Å². The van der Waals surface area contributed by atoms with Gasteiger partial charge in [-0.2, -0.15) is 0 Å². The summed E-state index contributed by atoms with van der Waals surface area (Å²) < 4.78 is 10.8. The molecule has 0 fully saturated rings. The SMILES string of the molecule is CCCC(=O)N=C1S/C(=C\c2ccc(OCc3ccc(Cl)c(Cl)c3)cc2)C(O)=C1C(=O)OCC. The van der Waals surface area contributed by atoms with Gasteiger partial charge in [0.2, 0.25) is 5.91 Å². The summed E-state index contributed by atoms with van der Waals surface area (Å²) in [5.41, 5.74) is 1.55. The van der Waals surface area contributed by atoms with Gasteiger partial charge in [0, 0.05) is 6.42 Å². The molecule has 1 N–H and O–H groups in total. The minimum absolute atomic E-state index is 0.0934. The molecule has 0 saturated heterocycles. The van der Waals surface area contributed by atoms with Crippen molar-refractivity contribution in [3.05, 3.63) is 79.9 Å². The third kappa shape index (κ3) is 6.65. The first kappa shape index (κ1) is 25.9. The molecule has 3 rings (SSSR count). The van der Waals surface area contributed by atoms with Crippen molar-refractivity contribution < 1.29 is 24.2 Å². The first-order chi connectivity index (χ1) is 16.3. The van der Waals surface area contributed by atoms with Crippen molar-refractivity contribution in [2.75, 3.05) is 6.61 Å². The van der Waals surface area contributed by atoms with E-state index in [-0.39, 0.29) is 35.3 Å². The minimum Gasteiger partial charge on any atom is -0.506 e. The number of rotatable bonds is 8. The maximum Gasteiger partial charge on any atom is 0.344 e. The van der Waals surface area contributed by atoms with Gasteiger partial charge < -0.3 is 14.6 Å². The van der Waals surface area contributed by atoms with Crippen LogP contribution in [0.25, 0.3) is 6.08 Å². The lowest BCUT2D eigenvalue weighted by Gasteiger charge is -2.07. The van der Waals surface area contributed by atoms with Crippen LogP contribution in [0.4, 0.5) is 0 Å². The van der Waals surface area contributed by atoms with E-state index >= 15 is 0 Å². The highest BCUT2D eigenvalue weighted by Crippen LogP contribution is 2.39. The predicted octanol–water partition coefficient (Wildman–Crippen LogP) is 6.76. The van der Waals surface area contributed by atoms with Crippen LogP contribution < -0.4 is 4.74 Å². The third-order valence-electron chi connectivity index (χ3n) is 4.63. The maximum absolute atomic E-state index is 12.4. The molecule has 1 amide bonds. The van der Waals surface area contributed by atoms with Gasteiger partial charge in [0.1, 0.15) is 28.7 Å². The van der Waals surface area contributed by atoms with Gasteiger partial charge >= 0.3 is 5.97 Å². The van der Waals surface area contributed by atoms with E-state index in [2.05, 4.69) is 4.99 Å². The molecule has 0 saturated carbocycles. The number of aliphatic hydroxyl groups excluding tert-OH is 1. The molecule has 0 spiro atoms. The summed E-state index contributed by atoms with van der Waals surface area (Å²) in [5.74, 6) is -0.688. The van der Waals surface area contributed by atoms with Gasteiger partial charge in [-0.25, -0.2) is 9.79 Å². The lowest BCUT2D eigenvalue weighted by molar-refractivity contribution is -0.138. The molecule has 0 radical (unpaired) electrons. The molecular formula is C25H23Cl2NO5S. The number of ether oxygens (including phenoxy) is 2. The fourth-order valence-corrected chi connectivity index (χ4v) is 4.33. The highest BCUT2D eigenvalue weighted by atomic mass is 35.5. The van der Waals surface area contributed by atoms with E-state index in [1.165, 1.54) is 0 Å². The normalized spacial score (nSPS) is 15.8. The molecule has 178 valence electrons. The molecule has 1 aliphatic heterocycles. The molecule has 0 atom stereocenters. The number of aliphatic hydroxyl groups is 1. The monoisotopic (exact) mass is 519 g/mol. The number of halogens is 2. The first-order valence-corrected chi connectivity index (χ1v) is 12.2. The zero-order valence-corrected chi connectivity index (χ0v) is 21.0. The van der Waals surface area contributed by atoms with Gasteiger partial charge in [-0.15, -0.1) is 0 Å². The Balaban J connectivity index is 1.77. The summed E-state index contributed by atoms with van der Waals surface area (Å²) in [6.45, 7) is 3.99. The number of benzene rings is 2. The van der Waals surface area contributed by atoms with Crippen LogP contribution in [0.2, 0.25) is 10.0 Å². The molecule has 34 heavy (non-hydrogen) atoms. The molecule has 0 aromatic heterocycles. The Hall–Kier alpha value is -2.74. The Morgan fingerprint density at radius 3 is 2.47 bits per heavy atom. The summed E-state index contributed by atoms with van der Waals surface area (Å²) in [5, 5.41) is 11.8. The van der Waals surface area contributed by atoms with Crippen molar-refractivity contribution in [1.82, 2.24) is 0 Å². The molecule has 6 nitrogen and oxygen atoms in total. The zero-order valence-electron chi connectivity index (χ0n) is 18.6. The van der Waals surface area contributed by atoms with Crippen LogP contribution in [0.1, 0.15) is 37.8 Å². The lowest BCUT2D eigenvalue weighted by atomic mass is 10.1. The van der Waals surface area contributed by atoms with Gasteiger partial charge in [0.15, 0.2) is 0 Å². The fourth-order valence-electron chi connectivity index (χ4n) is 2.98. The number of esters is 1. The summed E-state index contributed by atoms with van der Waals surface area (Å²) in [6.07, 6.45) is 2.59. The van der Waals surface area contributed by atoms with Crippen LogP contribution in [0.5, 0.6) is 5.75 Å². The molecule has 2 aromatic rings. The number of aliphatic imine (C=N–C) groups is 1. The molecule has 9 heteroatoms. The average Bonchev–Trinajstić information content (AvgIpc) is 3.10. The van der Waals surface area contributed by atoms with Gasteiger partial charge in [-0.05, 0) is 54.8 Å². The van der Waals surface area contributed by atoms with Crippen LogP contribution in [-0.2, 0) is 20.9 Å². The summed E-state index contributed by atoms with van der Waals surface area (Å²) >= 11 is 13.0. The van der Waals surface area contributed by atoms with E-state index < -0.39 is 5.97 Å². The molecule has 0 aliphatic carbocycles. The van der Waals surface area contributed by atoms with E-state index in [0.717, 1.165) is 22.9 Å². The Kier molecular flexibility index (Phi) is 9.21. The smallest absolute Gasteiger partial charge is 0.344 e. The zero-order chi connectivity index (χ0) is 24.7. The van der Waals surface area contributed by atoms with Gasteiger partial charge in [-0.3, -0.25) is 4.79 Å². The Bertz CT molecular complexity index is 1170. The maximum atomic E-state index is 12.4. The summed E-state index contributed by atoms with van der Waals surface area (Å²) in [7, 11) is 0. The molecule has 0 unspecified atom stereocenters. The fraction of sp³-hybridized carbons (Fsp3) is 0.240. The molecule has 0 bridgehead atoms. The second kappa shape index (κ2) is 12.1. The number of carbonyl (C=O) groups excluding carboxylic acids is 2. The Morgan fingerprint density at radius 1 is 1.09 bits per heavy atom. The second-order valence-corrected chi connectivity index (χ2v) is 9.07. The molecule has 2 aromatic carbocycles. The van der Waals surface area contributed by atoms with E-state index in [9.17, 15) is 14.7 Å². The largest absolute Gasteiger partial charge is 0.506 e. The first-order valence-electron chi connectivity index (χ1n) is 10.6. The van der Waals surface area contributed by atoms with Crippen molar-refractivity contribution >= 4 is 58.0 Å². The minimum atomic E-state index is -0.718. The number of hydrogen-bond acceptors (Lipinski definition) is 6. The van der Waals surface area contributed by atoms with E-state index in [1.54, 1.807) is 37.3 Å². The van der Waals surface area contributed by atoms with Gasteiger partial charge in [0.05, 0.1) is 21.6 Å². The highest BCUT2D eigenvalue weighted by Gasteiger charge is 2.33. The van der Waals surface area contributed by atoms with Crippen LogP contribution in [0.15, 0.2) is 63.7 Å². The average molecular weight is 520 g/mol. The number of hydrogen-bond donors (Lipinski definition) is 1. The van der Waals surface area contributed by atoms with Gasteiger partial charge in [0.25, 0.3) is 0 Å². The Labute approximate surface area is 212 Å². The highest BCUT2D eigenvalue weighted by molar-refractivity contribution is 8.18. The van der Waals surface area contributed by atoms with Crippen molar-refractivity contribution in [2.45, 2.75) is 33.3 Å². The van der Waals surface area contributed by atoms with Crippen molar-refractivity contribution in [2.24, 2.45) is 4.99 Å². The molecule has 1 aliphatic rings. The second-order valence-electron chi connectivity index (χ2n) is 7.22. The number of carbonyl (C=O) groups is 2. The number of nitrogens with zero attached hydrogens (tertiary/aromatic N) is 1. The molecule has 1 heterocycles. The lowest BCUT2D eigenvalue weighted by Crippen LogP contribution is -2.14. The van der Waals surface area contributed by atoms with E-state index in [0.29, 0.717) is 33.7 Å². The quantitative estimate of drug-likeness (QED) is 0.387. The summed E-state index contributed by atoms with van der Waals surface area (Å²) in [6, 6.07) is 12.5. The number of thioether (sulfide) groups is 1. The van der Waals surface area contributed by atoms with Crippen molar-refractivity contribution in [3.63, 3.8) is 0 Å².